The second-order valence-corrected chi connectivity index (χ2v) is 5.60. The van der Waals surface area contributed by atoms with Crippen molar-refractivity contribution in [3.63, 3.8) is 0 Å². The molecule has 0 spiro atoms. The van der Waals surface area contributed by atoms with Crippen molar-refractivity contribution in [3.8, 4) is 6.07 Å². The molecule has 0 fully saturated rings. The number of rotatable bonds is 4. The molecule has 0 radical (unpaired) electrons. The summed E-state index contributed by atoms with van der Waals surface area (Å²) in [6.07, 6.45) is 1.26. The van der Waals surface area contributed by atoms with Gasteiger partial charge in [-0.3, -0.25) is 19.1 Å². The molecule has 0 unspecified atom stereocenters. The van der Waals surface area contributed by atoms with Gasteiger partial charge in [0.1, 0.15) is 6.54 Å². The monoisotopic (exact) mass is 312 g/mol. The third kappa shape index (κ3) is 3.95. The minimum absolute atomic E-state index is 0.221. The van der Waals surface area contributed by atoms with Crippen LogP contribution in [0.5, 0.6) is 0 Å². The topological polar surface area (TPSA) is 108 Å². The summed E-state index contributed by atoms with van der Waals surface area (Å²) in [6, 6.07) is 10.3. The molecule has 0 aliphatic heterocycles. The van der Waals surface area contributed by atoms with Crippen molar-refractivity contribution in [2.45, 2.75) is 25.8 Å². The highest BCUT2D eigenvalue weighted by atomic mass is 16.2. The van der Waals surface area contributed by atoms with E-state index in [0.717, 1.165) is 10.1 Å². The fourth-order valence-corrected chi connectivity index (χ4v) is 1.97. The van der Waals surface area contributed by atoms with Gasteiger partial charge in [-0.05, 0) is 31.5 Å². The maximum Gasteiger partial charge on any atom is 0.328 e. The van der Waals surface area contributed by atoms with Gasteiger partial charge in [-0.15, -0.1) is 0 Å². The first-order valence-electron chi connectivity index (χ1n) is 6.93. The van der Waals surface area contributed by atoms with E-state index in [0.29, 0.717) is 5.69 Å². The van der Waals surface area contributed by atoms with Crippen LogP contribution in [0.4, 0.5) is 5.69 Å². The van der Waals surface area contributed by atoms with Crippen LogP contribution < -0.4 is 16.6 Å². The molecule has 0 saturated carbocycles. The SMILES string of the molecule is CC(C)(C#N)c1cccc(NC(=O)Cn2ccc(=O)[nH]c2=O)c1. The van der Waals surface area contributed by atoms with E-state index in [1.807, 2.05) is 6.07 Å². The van der Waals surface area contributed by atoms with Gasteiger partial charge in [0.25, 0.3) is 5.56 Å². The van der Waals surface area contributed by atoms with Crippen molar-refractivity contribution < 1.29 is 4.79 Å². The van der Waals surface area contributed by atoms with E-state index in [1.165, 1.54) is 12.3 Å². The molecule has 0 atom stereocenters. The number of H-pyrrole nitrogens is 1. The zero-order valence-electron chi connectivity index (χ0n) is 12.8. The normalized spacial score (nSPS) is 10.8. The lowest BCUT2D eigenvalue weighted by Gasteiger charge is -2.17. The molecule has 2 aromatic rings. The molecule has 7 heteroatoms. The van der Waals surface area contributed by atoms with Gasteiger partial charge in [0.05, 0.1) is 11.5 Å². The molecule has 23 heavy (non-hydrogen) atoms. The Bertz CT molecular complexity index is 887. The largest absolute Gasteiger partial charge is 0.328 e. The van der Waals surface area contributed by atoms with E-state index in [-0.39, 0.29) is 6.54 Å². The first-order valence-corrected chi connectivity index (χ1v) is 6.93. The van der Waals surface area contributed by atoms with Crippen molar-refractivity contribution in [3.05, 3.63) is 62.9 Å². The lowest BCUT2D eigenvalue weighted by Crippen LogP contribution is -2.32. The summed E-state index contributed by atoms with van der Waals surface area (Å²) >= 11 is 0. The minimum atomic E-state index is -0.670. The summed E-state index contributed by atoms with van der Waals surface area (Å²) in [5, 5.41) is 11.8. The standard InChI is InChI=1S/C16H16N4O3/c1-16(2,10-17)11-4-3-5-12(8-11)18-14(22)9-20-7-6-13(21)19-15(20)23/h3-8H,9H2,1-2H3,(H,18,22)(H,19,21,23). The summed E-state index contributed by atoms with van der Waals surface area (Å²) in [5.74, 6) is -0.411. The van der Waals surface area contributed by atoms with E-state index in [4.69, 9.17) is 5.26 Å². The van der Waals surface area contributed by atoms with Crippen LogP contribution in [-0.2, 0) is 16.8 Å². The molecule has 0 aliphatic carbocycles. The number of carbonyl (C=O) groups excluding carboxylic acids is 1. The molecule has 1 heterocycles. The van der Waals surface area contributed by atoms with Gasteiger partial charge < -0.3 is 5.32 Å². The average molecular weight is 312 g/mol. The molecule has 118 valence electrons. The Balaban J connectivity index is 2.15. The van der Waals surface area contributed by atoms with E-state index in [1.54, 1.807) is 32.0 Å². The van der Waals surface area contributed by atoms with Crippen LogP contribution in [0.2, 0.25) is 0 Å². The Hall–Kier alpha value is -3.14. The lowest BCUT2D eigenvalue weighted by atomic mass is 9.86. The van der Waals surface area contributed by atoms with E-state index in [2.05, 4.69) is 16.4 Å². The van der Waals surface area contributed by atoms with Crippen molar-refractivity contribution in [1.29, 1.82) is 5.26 Å². The predicted molar refractivity (Wildman–Crippen MR) is 85.0 cm³/mol. The first kappa shape index (κ1) is 16.2. The van der Waals surface area contributed by atoms with Crippen molar-refractivity contribution in [2.24, 2.45) is 0 Å². The molecule has 1 aromatic heterocycles. The number of hydrogen-bond acceptors (Lipinski definition) is 4. The predicted octanol–water partition coefficient (Wildman–Crippen LogP) is 0.976. The maximum atomic E-state index is 12.0. The maximum absolute atomic E-state index is 12.0. The van der Waals surface area contributed by atoms with Gasteiger partial charge in [0.15, 0.2) is 0 Å². The Kier molecular flexibility index (Phi) is 4.46. The van der Waals surface area contributed by atoms with E-state index >= 15 is 0 Å². The van der Waals surface area contributed by atoms with Gasteiger partial charge in [0, 0.05) is 18.0 Å². The summed E-state index contributed by atoms with van der Waals surface area (Å²) in [4.78, 5) is 36.6. The summed E-state index contributed by atoms with van der Waals surface area (Å²) in [5.41, 5.74) is -0.520. The van der Waals surface area contributed by atoms with Crippen LogP contribution in [-0.4, -0.2) is 15.5 Å². The lowest BCUT2D eigenvalue weighted by molar-refractivity contribution is -0.116. The molecule has 1 aromatic carbocycles. The molecule has 0 aliphatic rings. The fourth-order valence-electron chi connectivity index (χ4n) is 1.97. The Morgan fingerprint density at radius 1 is 1.35 bits per heavy atom. The molecule has 0 bridgehead atoms. The number of nitriles is 1. The van der Waals surface area contributed by atoms with Crippen LogP contribution >= 0.6 is 0 Å². The molecule has 2 rings (SSSR count). The van der Waals surface area contributed by atoms with Crippen molar-refractivity contribution in [1.82, 2.24) is 9.55 Å². The number of hydrogen-bond donors (Lipinski definition) is 2. The third-order valence-electron chi connectivity index (χ3n) is 3.36. The summed E-state index contributed by atoms with van der Waals surface area (Å²) in [7, 11) is 0. The highest BCUT2D eigenvalue weighted by Crippen LogP contribution is 2.24. The molecular weight excluding hydrogens is 296 g/mol. The van der Waals surface area contributed by atoms with Gasteiger partial charge in [0.2, 0.25) is 5.91 Å². The second-order valence-electron chi connectivity index (χ2n) is 5.60. The van der Waals surface area contributed by atoms with Crippen LogP contribution in [0.3, 0.4) is 0 Å². The van der Waals surface area contributed by atoms with Gasteiger partial charge in [-0.1, -0.05) is 12.1 Å². The second kappa shape index (κ2) is 6.32. The number of nitrogens with one attached hydrogen (secondary N) is 2. The molecule has 7 nitrogen and oxygen atoms in total. The Labute approximate surface area is 132 Å². The van der Waals surface area contributed by atoms with Gasteiger partial charge in [-0.25, -0.2) is 4.79 Å². The minimum Gasteiger partial charge on any atom is -0.325 e. The van der Waals surface area contributed by atoms with E-state index in [9.17, 15) is 14.4 Å². The number of aromatic amines is 1. The van der Waals surface area contributed by atoms with Crippen molar-refractivity contribution in [2.75, 3.05) is 5.32 Å². The molecule has 1 amide bonds. The van der Waals surface area contributed by atoms with Gasteiger partial charge >= 0.3 is 5.69 Å². The first-order chi connectivity index (χ1) is 10.8. The van der Waals surface area contributed by atoms with E-state index < -0.39 is 22.6 Å². The van der Waals surface area contributed by atoms with Crippen LogP contribution in [0.25, 0.3) is 0 Å². The third-order valence-corrected chi connectivity index (χ3v) is 3.36. The quantitative estimate of drug-likeness (QED) is 0.877. The number of nitrogens with zero attached hydrogens (tertiary/aromatic N) is 2. The fraction of sp³-hybridized carbons (Fsp3) is 0.250. The zero-order chi connectivity index (χ0) is 17.0. The number of anilines is 1. The summed E-state index contributed by atoms with van der Waals surface area (Å²) < 4.78 is 1.10. The smallest absolute Gasteiger partial charge is 0.325 e. The molecule has 0 saturated heterocycles. The number of carbonyl (C=O) groups is 1. The Morgan fingerprint density at radius 2 is 2.09 bits per heavy atom. The number of benzene rings is 1. The van der Waals surface area contributed by atoms with Crippen molar-refractivity contribution >= 4 is 11.6 Å². The highest BCUT2D eigenvalue weighted by molar-refractivity contribution is 5.90. The number of amides is 1. The number of aromatic nitrogens is 2. The molecule has 2 N–H and O–H groups in total. The highest BCUT2D eigenvalue weighted by Gasteiger charge is 2.20. The van der Waals surface area contributed by atoms with Crippen LogP contribution in [0, 0.1) is 11.3 Å². The zero-order valence-corrected chi connectivity index (χ0v) is 12.8. The summed E-state index contributed by atoms with van der Waals surface area (Å²) in [6.45, 7) is 3.35. The van der Waals surface area contributed by atoms with Crippen LogP contribution in [0.15, 0.2) is 46.1 Å². The average Bonchev–Trinajstić information content (AvgIpc) is 2.50. The Morgan fingerprint density at radius 3 is 2.74 bits per heavy atom. The van der Waals surface area contributed by atoms with Crippen LogP contribution in [0.1, 0.15) is 19.4 Å². The molecular formula is C16H16N4O3. The van der Waals surface area contributed by atoms with Gasteiger partial charge in [-0.2, -0.15) is 5.26 Å².